The van der Waals surface area contributed by atoms with E-state index in [4.69, 9.17) is 9.47 Å². The van der Waals surface area contributed by atoms with E-state index in [9.17, 15) is 4.79 Å². The number of hydrogen-bond acceptors (Lipinski definition) is 3. The zero-order chi connectivity index (χ0) is 17.9. The van der Waals surface area contributed by atoms with Crippen LogP contribution in [0, 0.1) is 0 Å². The van der Waals surface area contributed by atoms with Gasteiger partial charge in [-0.1, -0.05) is 60.7 Å². The molecule has 1 amide bonds. The Bertz CT molecular complexity index is 932. The number of fused-ring (bicyclic) bond motifs is 2. The molecular formula is C22H21NO3. The minimum Gasteiger partial charge on any atom is -0.493 e. The average molecular weight is 347 g/mol. The van der Waals surface area contributed by atoms with Gasteiger partial charge in [-0.15, -0.1) is 0 Å². The van der Waals surface area contributed by atoms with E-state index in [1.807, 2.05) is 55.5 Å². The predicted molar refractivity (Wildman–Crippen MR) is 101 cm³/mol. The molecule has 0 saturated heterocycles. The minimum atomic E-state index is -0.410. The second-order valence-electron chi connectivity index (χ2n) is 6.50. The molecule has 1 aliphatic rings. The second kappa shape index (κ2) is 7.08. The van der Waals surface area contributed by atoms with Crippen molar-refractivity contribution in [2.45, 2.75) is 25.5 Å². The molecule has 0 saturated carbocycles. The number of rotatable bonds is 3. The highest BCUT2D eigenvalue weighted by atomic mass is 16.6. The first-order valence-electron chi connectivity index (χ1n) is 8.89. The highest BCUT2D eigenvalue weighted by Gasteiger charge is 2.25. The number of carbonyl (C=O) groups is 1. The van der Waals surface area contributed by atoms with Gasteiger partial charge in [-0.2, -0.15) is 0 Å². The molecule has 132 valence electrons. The van der Waals surface area contributed by atoms with Gasteiger partial charge in [-0.3, -0.25) is 0 Å². The zero-order valence-electron chi connectivity index (χ0n) is 14.6. The fourth-order valence-corrected chi connectivity index (χ4v) is 3.48. The van der Waals surface area contributed by atoms with Gasteiger partial charge < -0.3 is 14.8 Å². The Morgan fingerprint density at radius 3 is 2.77 bits per heavy atom. The zero-order valence-corrected chi connectivity index (χ0v) is 14.6. The fraction of sp³-hybridized carbons (Fsp3) is 0.227. The van der Waals surface area contributed by atoms with Crippen molar-refractivity contribution in [2.75, 3.05) is 6.61 Å². The number of ether oxygens (including phenoxy) is 2. The first-order valence-corrected chi connectivity index (χ1v) is 8.89. The number of para-hydroxylation sites is 1. The van der Waals surface area contributed by atoms with Crippen molar-refractivity contribution in [3.05, 3.63) is 77.9 Å². The smallest absolute Gasteiger partial charge is 0.408 e. The monoisotopic (exact) mass is 347 g/mol. The Morgan fingerprint density at radius 1 is 1.08 bits per heavy atom. The molecule has 2 atom stereocenters. The third kappa shape index (κ3) is 3.23. The molecule has 1 heterocycles. The predicted octanol–water partition coefficient (Wildman–Crippen LogP) is 5.15. The third-order valence-corrected chi connectivity index (χ3v) is 4.78. The summed E-state index contributed by atoms with van der Waals surface area (Å²) in [5, 5.41) is 5.26. The van der Waals surface area contributed by atoms with Crippen LogP contribution in [0.4, 0.5) is 4.79 Å². The molecule has 4 rings (SSSR count). The molecule has 1 N–H and O–H groups in total. The van der Waals surface area contributed by atoms with Gasteiger partial charge in [0.05, 0.1) is 12.6 Å². The van der Waals surface area contributed by atoms with Gasteiger partial charge in [0.15, 0.2) is 0 Å². The number of hydrogen-bond donors (Lipinski definition) is 1. The van der Waals surface area contributed by atoms with Gasteiger partial charge >= 0.3 is 6.09 Å². The van der Waals surface area contributed by atoms with Crippen LogP contribution in [0.3, 0.4) is 0 Å². The second-order valence-corrected chi connectivity index (χ2v) is 6.50. The van der Waals surface area contributed by atoms with Crippen LogP contribution in [0.5, 0.6) is 5.75 Å². The summed E-state index contributed by atoms with van der Waals surface area (Å²) in [4.78, 5) is 12.5. The molecule has 0 bridgehead atoms. The number of alkyl carbamates (subject to hydrolysis) is 1. The van der Waals surface area contributed by atoms with E-state index in [0.717, 1.165) is 27.6 Å². The van der Waals surface area contributed by atoms with Gasteiger partial charge in [0, 0.05) is 12.0 Å². The molecule has 26 heavy (non-hydrogen) atoms. The van der Waals surface area contributed by atoms with Crippen LogP contribution in [0.2, 0.25) is 0 Å². The first-order chi connectivity index (χ1) is 12.7. The van der Waals surface area contributed by atoms with Crippen molar-refractivity contribution in [1.82, 2.24) is 5.32 Å². The first kappa shape index (κ1) is 16.5. The molecule has 0 spiro atoms. The summed E-state index contributed by atoms with van der Waals surface area (Å²) in [6, 6.07) is 21.8. The molecule has 1 unspecified atom stereocenters. The van der Waals surface area contributed by atoms with Crippen molar-refractivity contribution in [2.24, 2.45) is 0 Å². The van der Waals surface area contributed by atoms with Crippen LogP contribution < -0.4 is 10.1 Å². The molecule has 4 nitrogen and oxygen atoms in total. The van der Waals surface area contributed by atoms with Crippen molar-refractivity contribution in [3.8, 4) is 5.75 Å². The van der Waals surface area contributed by atoms with E-state index in [-0.39, 0.29) is 12.1 Å². The van der Waals surface area contributed by atoms with E-state index >= 15 is 0 Å². The number of amides is 1. The standard InChI is InChI=1S/C22H21NO3/c1-15(17-11-6-8-16-7-2-3-9-18(16)17)23-22(24)26-21-13-14-25-20-12-5-4-10-19(20)21/h2-12,15,21H,13-14H2,1H3,(H,23,24)/t15-,21?/m1/s1. The molecule has 1 aliphatic heterocycles. The van der Waals surface area contributed by atoms with Gasteiger partial charge in [-0.05, 0) is 29.3 Å². The molecule has 4 heteroatoms. The summed E-state index contributed by atoms with van der Waals surface area (Å²) in [5.74, 6) is 0.790. The molecule has 3 aromatic rings. The summed E-state index contributed by atoms with van der Waals surface area (Å²) >= 11 is 0. The molecule has 3 aromatic carbocycles. The maximum Gasteiger partial charge on any atom is 0.408 e. The third-order valence-electron chi connectivity index (χ3n) is 4.78. The van der Waals surface area contributed by atoms with Crippen LogP contribution in [-0.2, 0) is 4.74 Å². The Balaban J connectivity index is 1.48. The lowest BCUT2D eigenvalue weighted by molar-refractivity contribution is 0.0678. The number of nitrogens with one attached hydrogen (secondary N) is 1. The summed E-state index contributed by atoms with van der Waals surface area (Å²) in [6.07, 6.45) is -0.0283. The minimum absolute atomic E-state index is 0.149. The quantitative estimate of drug-likeness (QED) is 0.713. The van der Waals surface area contributed by atoms with Crippen LogP contribution in [0.15, 0.2) is 66.7 Å². The Hall–Kier alpha value is -3.01. The van der Waals surface area contributed by atoms with E-state index in [1.54, 1.807) is 0 Å². The average Bonchev–Trinajstić information content (AvgIpc) is 2.67. The van der Waals surface area contributed by atoms with Crippen molar-refractivity contribution >= 4 is 16.9 Å². The molecule has 0 radical (unpaired) electrons. The lowest BCUT2D eigenvalue weighted by Gasteiger charge is -2.26. The van der Waals surface area contributed by atoms with Crippen LogP contribution in [0.25, 0.3) is 10.8 Å². The molecular weight excluding hydrogens is 326 g/mol. The van der Waals surface area contributed by atoms with Crippen LogP contribution in [0.1, 0.15) is 36.6 Å². The normalized spacial score (nSPS) is 17.0. The highest BCUT2D eigenvalue weighted by Crippen LogP contribution is 2.34. The van der Waals surface area contributed by atoms with E-state index < -0.39 is 6.09 Å². The van der Waals surface area contributed by atoms with E-state index in [2.05, 4.69) is 23.5 Å². The molecule has 0 aliphatic carbocycles. The fourth-order valence-electron chi connectivity index (χ4n) is 3.48. The van der Waals surface area contributed by atoms with Gasteiger partial charge in [0.1, 0.15) is 11.9 Å². The Morgan fingerprint density at radius 2 is 1.85 bits per heavy atom. The number of benzene rings is 3. The largest absolute Gasteiger partial charge is 0.493 e. The van der Waals surface area contributed by atoms with Crippen molar-refractivity contribution in [3.63, 3.8) is 0 Å². The van der Waals surface area contributed by atoms with E-state index in [0.29, 0.717) is 13.0 Å². The summed E-state index contributed by atoms with van der Waals surface area (Å²) in [5.41, 5.74) is 2.00. The highest BCUT2D eigenvalue weighted by molar-refractivity contribution is 5.86. The maximum absolute atomic E-state index is 12.5. The Kier molecular flexibility index (Phi) is 4.48. The number of carbonyl (C=O) groups excluding carboxylic acids is 1. The summed E-state index contributed by atoms with van der Waals surface area (Å²) < 4.78 is 11.3. The topological polar surface area (TPSA) is 47.6 Å². The van der Waals surface area contributed by atoms with Gasteiger partial charge in [0.2, 0.25) is 0 Å². The lowest BCUT2D eigenvalue weighted by atomic mass is 10.00. The lowest BCUT2D eigenvalue weighted by Crippen LogP contribution is -2.30. The Labute approximate surface area is 152 Å². The van der Waals surface area contributed by atoms with Crippen molar-refractivity contribution < 1.29 is 14.3 Å². The van der Waals surface area contributed by atoms with Crippen molar-refractivity contribution in [1.29, 1.82) is 0 Å². The summed E-state index contributed by atoms with van der Waals surface area (Å²) in [6.45, 7) is 2.52. The van der Waals surface area contributed by atoms with Crippen LogP contribution in [-0.4, -0.2) is 12.7 Å². The molecule has 0 fully saturated rings. The SMILES string of the molecule is C[C@@H](NC(=O)OC1CCOc2ccccc21)c1cccc2ccccc12. The van der Waals surface area contributed by atoms with Gasteiger partial charge in [-0.25, -0.2) is 4.79 Å². The van der Waals surface area contributed by atoms with Crippen LogP contribution >= 0.6 is 0 Å². The molecule has 0 aromatic heterocycles. The maximum atomic E-state index is 12.5. The van der Waals surface area contributed by atoms with E-state index in [1.165, 1.54) is 0 Å². The van der Waals surface area contributed by atoms with Gasteiger partial charge in [0.25, 0.3) is 0 Å². The summed E-state index contributed by atoms with van der Waals surface area (Å²) in [7, 11) is 0.